The Balaban J connectivity index is 1.55. The van der Waals surface area contributed by atoms with Crippen molar-refractivity contribution in [2.75, 3.05) is 13.1 Å². The van der Waals surface area contributed by atoms with Gasteiger partial charge in [-0.2, -0.15) is 0 Å². The number of nitrogens with one attached hydrogen (secondary N) is 2. The molecule has 1 unspecified atom stereocenters. The molecule has 0 spiro atoms. The minimum atomic E-state index is 0.0643. The summed E-state index contributed by atoms with van der Waals surface area (Å²) in [6.45, 7) is 2.00. The number of rotatable bonds is 5. The van der Waals surface area contributed by atoms with Crippen molar-refractivity contribution in [1.82, 2.24) is 5.32 Å². The van der Waals surface area contributed by atoms with Crippen molar-refractivity contribution in [3.8, 4) is 0 Å². The molecule has 1 aromatic carbocycles. The molecule has 0 aliphatic carbocycles. The number of halogens is 2. The molecule has 23 heavy (non-hydrogen) atoms. The number of carbonyl (C=O) groups is 1. The van der Waals surface area contributed by atoms with E-state index in [4.69, 9.17) is 23.2 Å². The lowest BCUT2D eigenvalue weighted by atomic mass is 10.2. The zero-order chi connectivity index (χ0) is 16.2. The molecule has 3 nitrogen and oxygen atoms in total. The molecule has 1 saturated heterocycles. The van der Waals surface area contributed by atoms with Crippen LogP contribution in [0, 0.1) is 0 Å². The summed E-state index contributed by atoms with van der Waals surface area (Å²) in [7, 11) is 0. The molecule has 2 atom stereocenters. The first-order valence-electron chi connectivity index (χ1n) is 7.72. The van der Waals surface area contributed by atoms with E-state index in [-0.39, 0.29) is 5.91 Å². The molecule has 3 rings (SSSR count). The third-order valence-electron chi connectivity index (χ3n) is 4.25. The predicted molar refractivity (Wildman–Crippen MR) is 95.3 cm³/mol. The monoisotopic (exact) mass is 369 g/mol. The Kier molecular flexibility index (Phi) is 5.59. The summed E-state index contributed by atoms with van der Waals surface area (Å²) < 4.78 is 0. The number of hydrogen-bond donors (Lipinski definition) is 2. The van der Waals surface area contributed by atoms with Crippen LogP contribution in [-0.4, -0.2) is 19.0 Å². The van der Waals surface area contributed by atoms with E-state index in [2.05, 4.69) is 22.8 Å². The predicted octanol–water partition coefficient (Wildman–Crippen LogP) is 3.09. The van der Waals surface area contributed by atoms with Crippen LogP contribution in [0.5, 0.6) is 0 Å². The minimum Gasteiger partial charge on any atom is -0.347 e. The topological polar surface area (TPSA) is 33.5 Å². The third kappa shape index (κ3) is 4.27. The molecule has 1 amide bonds. The van der Waals surface area contributed by atoms with Gasteiger partial charge in [-0.05, 0) is 29.1 Å². The van der Waals surface area contributed by atoms with E-state index in [1.54, 1.807) is 23.5 Å². The molecule has 1 fully saturated rings. The van der Waals surface area contributed by atoms with Gasteiger partial charge in [-0.3, -0.25) is 4.79 Å². The van der Waals surface area contributed by atoms with Crippen LogP contribution in [0.2, 0.25) is 10.0 Å². The van der Waals surface area contributed by atoms with Crippen LogP contribution < -0.4 is 10.2 Å². The molecule has 1 aliphatic rings. The number of quaternary nitrogens is 1. The first kappa shape index (κ1) is 16.8. The molecule has 2 aromatic rings. The van der Waals surface area contributed by atoms with Gasteiger partial charge in [0.25, 0.3) is 5.91 Å². The van der Waals surface area contributed by atoms with Gasteiger partial charge in [-0.25, -0.2) is 0 Å². The molecular weight excluding hydrogens is 351 g/mol. The lowest BCUT2D eigenvalue weighted by Gasteiger charge is -2.20. The van der Waals surface area contributed by atoms with E-state index in [0.717, 1.165) is 18.5 Å². The Morgan fingerprint density at radius 2 is 2.22 bits per heavy atom. The fraction of sp³-hybridized carbons (Fsp3) is 0.353. The zero-order valence-corrected chi connectivity index (χ0v) is 15.0. The Hall–Kier alpha value is -1.07. The SMILES string of the molecule is O=C(C[NH+]1CCC[C@H]1c1cccs1)NCc1ccc(Cl)cc1Cl. The average molecular weight is 370 g/mol. The second-order valence-electron chi connectivity index (χ2n) is 5.81. The van der Waals surface area contributed by atoms with E-state index < -0.39 is 0 Å². The molecule has 1 aromatic heterocycles. The van der Waals surface area contributed by atoms with E-state index in [1.807, 2.05) is 6.07 Å². The normalized spacial score (nSPS) is 20.6. The van der Waals surface area contributed by atoms with Crippen LogP contribution in [0.4, 0.5) is 0 Å². The maximum absolute atomic E-state index is 12.3. The molecule has 6 heteroatoms. The van der Waals surface area contributed by atoms with Gasteiger partial charge in [-0.15, -0.1) is 11.3 Å². The highest BCUT2D eigenvalue weighted by Gasteiger charge is 2.32. The largest absolute Gasteiger partial charge is 0.347 e. The smallest absolute Gasteiger partial charge is 0.275 e. The molecular formula is C17H19Cl2N2OS+. The summed E-state index contributed by atoms with van der Waals surface area (Å²) >= 11 is 13.8. The fourth-order valence-corrected chi connectivity index (χ4v) is 4.48. The summed E-state index contributed by atoms with van der Waals surface area (Å²) in [6.07, 6.45) is 2.33. The Morgan fingerprint density at radius 3 is 2.96 bits per heavy atom. The first-order chi connectivity index (χ1) is 11.1. The molecule has 0 radical (unpaired) electrons. The van der Waals surface area contributed by atoms with Crippen LogP contribution in [0.3, 0.4) is 0 Å². The van der Waals surface area contributed by atoms with E-state index in [9.17, 15) is 4.79 Å². The minimum absolute atomic E-state index is 0.0643. The molecule has 1 aliphatic heterocycles. The van der Waals surface area contributed by atoms with Crippen molar-refractivity contribution in [3.05, 3.63) is 56.2 Å². The Morgan fingerprint density at radius 1 is 1.35 bits per heavy atom. The molecule has 2 heterocycles. The van der Waals surface area contributed by atoms with Gasteiger partial charge >= 0.3 is 0 Å². The van der Waals surface area contributed by atoms with Crippen LogP contribution in [0.25, 0.3) is 0 Å². The zero-order valence-electron chi connectivity index (χ0n) is 12.6. The standard InChI is InChI=1S/C17H18Cl2N2OS/c18-13-6-5-12(14(19)9-13)10-20-17(22)11-21-7-1-3-15(21)16-4-2-8-23-16/h2,4-6,8-9,15H,1,3,7,10-11H2,(H,20,22)/p+1/t15-/m0/s1. The van der Waals surface area contributed by atoms with Crippen LogP contribution >= 0.6 is 34.5 Å². The summed E-state index contributed by atoms with van der Waals surface area (Å²) in [4.78, 5) is 15.0. The van der Waals surface area contributed by atoms with Crippen molar-refractivity contribution in [1.29, 1.82) is 0 Å². The Labute approximate surface area is 150 Å². The van der Waals surface area contributed by atoms with Gasteiger partial charge in [-0.1, -0.05) is 35.3 Å². The highest BCUT2D eigenvalue weighted by molar-refractivity contribution is 7.10. The summed E-state index contributed by atoms with van der Waals surface area (Å²) in [5, 5.41) is 6.26. The quantitative estimate of drug-likeness (QED) is 0.833. The molecule has 2 N–H and O–H groups in total. The maximum Gasteiger partial charge on any atom is 0.275 e. The van der Waals surface area contributed by atoms with Crippen LogP contribution in [-0.2, 0) is 11.3 Å². The van der Waals surface area contributed by atoms with Gasteiger partial charge in [0, 0.05) is 29.4 Å². The van der Waals surface area contributed by atoms with Crippen LogP contribution in [0.15, 0.2) is 35.7 Å². The molecule has 0 saturated carbocycles. The number of amides is 1. The van der Waals surface area contributed by atoms with Gasteiger partial charge in [0.15, 0.2) is 6.54 Å². The average Bonchev–Trinajstić information content (AvgIpc) is 3.17. The van der Waals surface area contributed by atoms with E-state index in [0.29, 0.717) is 29.2 Å². The summed E-state index contributed by atoms with van der Waals surface area (Å²) in [5.74, 6) is 0.0643. The molecule has 0 bridgehead atoms. The van der Waals surface area contributed by atoms with Gasteiger partial charge in [0.2, 0.25) is 0 Å². The first-order valence-corrected chi connectivity index (χ1v) is 9.35. The fourth-order valence-electron chi connectivity index (χ4n) is 3.08. The van der Waals surface area contributed by atoms with Gasteiger partial charge in [0.1, 0.15) is 6.04 Å². The Bertz CT molecular complexity index is 675. The van der Waals surface area contributed by atoms with Crippen molar-refractivity contribution < 1.29 is 9.69 Å². The highest BCUT2D eigenvalue weighted by atomic mass is 35.5. The number of thiophene rings is 1. The summed E-state index contributed by atoms with van der Waals surface area (Å²) in [6, 6.07) is 10.0. The van der Waals surface area contributed by atoms with E-state index in [1.165, 1.54) is 16.2 Å². The highest BCUT2D eigenvalue weighted by Crippen LogP contribution is 2.23. The van der Waals surface area contributed by atoms with Gasteiger partial charge < -0.3 is 10.2 Å². The van der Waals surface area contributed by atoms with Crippen molar-refractivity contribution in [3.63, 3.8) is 0 Å². The second-order valence-corrected chi connectivity index (χ2v) is 7.63. The molecule has 122 valence electrons. The third-order valence-corrected chi connectivity index (χ3v) is 5.82. The second kappa shape index (κ2) is 7.67. The van der Waals surface area contributed by atoms with Gasteiger partial charge in [0.05, 0.1) is 11.4 Å². The lowest BCUT2D eigenvalue weighted by Crippen LogP contribution is -3.11. The maximum atomic E-state index is 12.3. The van der Waals surface area contributed by atoms with E-state index >= 15 is 0 Å². The van der Waals surface area contributed by atoms with Crippen molar-refractivity contribution >= 4 is 40.4 Å². The number of benzene rings is 1. The van der Waals surface area contributed by atoms with Crippen molar-refractivity contribution in [2.45, 2.75) is 25.4 Å². The lowest BCUT2D eigenvalue weighted by molar-refractivity contribution is -0.910. The van der Waals surface area contributed by atoms with Crippen molar-refractivity contribution in [2.24, 2.45) is 0 Å². The number of hydrogen-bond acceptors (Lipinski definition) is 2. The number of carbonyl (C=O) groups excluding carboxylic acids is 1. The summed E-state index contributed by atoms with van der Waals surface area (Å²) in [5.41, 5.74) is 0.885. The number of likely N-dealkylation sites (tertiary alicyclic amines) is 1. The van der Waals surface area contributed by atoms with Crippen LogP contribution in [0.1, 0.15) is 29.3 Å².